The van der Waals surface area contributed by atoms with Crippen molar-refractivity contribution < 1.29 is 13.0 Å². The molecule has 0 bridgehead atoms. The van der Waals surface area contributed by atoms with Crippen molar-refractivity contribution in [2.45, 2.75) is 11.3 Å². The van der Waals surface area contributed by atoms with Crippen LogP contribution in [0.4, 0.5) is 5.69 Å². The van der Waals surface area contributed by atoms with Crippen molar-refractivity contribution in [3.63, 3.8) is 0 Å². The molecule has 0 fully saturated rings. The van der Waals surface area contributed by atoms with Crippen molar-refractivity contribution in [3.05, 3.63) is 47.7 Å². The minimum atomic E-state index is -4.51. The number of nitrogen functional groups attached to an aromatic ring is 1. The summed E-state index contributed by atoms with van der Waals surface area (Å²) in [5.41, 5.74) is 18.8. The molecule has 0 aliphatic heterocycles. The number of benzene rings is 1. The van der Waals surface area contributed by atoms with Gasteiger partial charge in [-0.05, 0) is 29.3 Å². The van der Waals surface area contributed by atoms with E-state index in [4.69, 9.17) is 17.2 Å². The van der Waals surface area contributed by atoms with E-state index in [1.54, 1.807) is 30.3 Å². The standard InChI is InChI=1S/C12H15N3O3S/c13-9-3-1-8(2-4-9)11-6-5-10(14)7-12(11,15)19(16,17)18/h1-6H,7,13-15H2,(H,16,17,18). The van der Waals surface area contributed by atoms with Crippen LogP contribution in [0.1, 0.15) is 12.0 Å². The summed E-state index contributed by atoms with van der Waals surface area (Å²) in [4.78, 5) is -1.94. The maximum atomic E-state index is 11.6. The highest BCUT2D eigenvalue weighted by molar-refractivity contribution is 7.87. The van der Waals surface area contributed by atoms with Crippen LogP contribution < -0.4 is 17.2 Å². The molecule has 0 radical (unpaired) electrons. The summed E-state index contributed by atoms with van der Waals surface area (Å²) in [5.74, 6) is 0. The van der Waals surface area contributed by atoms with E-state index in [1.165, 1.54) is 6.08 Å². The van der Waals surface area contributed by atoms with Gasteiger partial charge in [0, 0.05) is 17.8 Å². The number of nitrogens with two attached hydrogens (primary N) is 3. The van der Waals surface area contributed by atoms with Gasteiger partial charge in [0.2, 0.25) is 0 Å². The first kappa shape index (κ1) is 13.6. The predicted molar refractivity (Wildman–Crippen MR) is 74.2 cm³/mol. The average Bonchev–Trinajstić information content (AvgIpc) is 2.29. The van der Waals surface area contributed by atoms with Crippen molar-refractivity contribution >= 4 is 21.4 Å². The topological polar surface area (TPSA) is 132 Å². The van der Waals surface area contributed by atoms with Crippen molar-refractivity contribution in [2.24, 2.45) is 11.5 Å². The third-order valence-corrected chi connectivity index (χ3v) is 4.35. The Morgan fingerprint density at radius 1 is 1.11 bits per heavy atom. The summed E-state index contributed by atoms with van der Waals surface area (Å²) in [7, 11) is -4.51. The smallest absolute Gasteiger partial charge is 0.288 e. The van der Waals surface area contributed by atoms with Crippen LogP contribution in [0.2, 0.25) is 0 Å². The molecule has 6 nitrogen and oxygen atoms in total. The first-order valence-electron chi connectivity index (χ1n) is 5.53. The Labute approximate surface area is 111 Å². The normalized spacial score (nSPS) is 23.7. The number of rotatable bonds is 2. The molecular formula is C12H15N3O3S. The molecule has 1 aliphatic carbocycles. The molecule has 1 atom stereocenters. The highest BCUT2D eigenvalue weighted by Crippen LogP contribution is 2.36. The van der Waals surface area contributed by atoms with E-state index in [0.29, 0.717) is 16.9 Å². The fraction of sp³-hybridized carbons (Fsp3) is 0.167. The second-order valence-corrected chi connectivity index (χ2v) is 6.16. The van der Waals surface area contributed by atoms with Crippen molar-refractivity contribution in [1.29, 1.82) is 0 Å². The highest BCUT2D eigenvalue weighted by Gasteiger charge is 2.44. The SMILES string of the molecule is NC1=CC=C(c2ccc(N)cc2)C(N)(S(=O)(=O)O)C1. The van der Waals surface area contributed by atoms with Crippen LogP contribution in [0.3, 0.4) is 0 Å². The molecule has 2 rings (SSSR count). The molecule has 1 unspecified atom stereocenters. The van der Waals surface area contributed by atoms with Gasteiger partial charge in [0.05, 0.1) is 0 Å². The molecule has 102 valence electrons. The van der Waals surface area contributed by atoms with Crippen LogP contribution in [0.25, 0.3) is 5.57 Å². The van der Waals surface area contributed by atoms with Crippen LogP contribution in [0.15, 0.2) is 42.1 Å². The van der Waals surface area contributed by atoms with Crippen LogP contribution >= 0.6 is 0 Å². The lowest BCUT2D eigenvalue weighted by Crippen LogP contribution is -2.50. The van der Waals surface area contributed by atoms with Gasteiger partial charge in [-0.15, -0.1) is 0 Å². The second kappa shape index (κ2) is 4.37. The monoisotopic (exact) mass is 281 g/mol. The van der Waals surface area contributed by atoms with Crippen molar-refractivity contribution in [1.82, 2.24) is 0 Å². The molecule has 0 saturated carbocycles. The summed E-state index contributed by atoms with van der Waals surface area (Å²) in [5, 5.41) is 0. The molecule has 19 heavy (non-hydrogen) atoms. The second-order valence-electron chi connectivity index (χ2n) is 4.49. The number of allylic oxidation sites excluding steroid dienone is 2. The maximum absolute atomic E-state index is 11.6. The Balaban J connectivity index is 2.60. The number of hydrogen-bond acceptors (Lipinski definition) is 5. The van der Waals surface area contributed by atoms with Crippen LogP contribution in [0, 0.1) is 0 Å². The lowest BCUT2D eigenvalue weighted by atomic mass is 9.91. The molecular weight excluding hydrogens is 266 g/mol. The van der Waals surface area contributed by atoms with Gasteiger partial charge in [0.15, 0.2) is 4.87 Å². The fourth-order valence-corrected chi connectivity index (χ4v) is 2.84. The summed E-state index contributed by atoms with van der Waals surface area (Å²) in [6.45, 7) is 0. The van der Waals surface area contributed by atoms with E-state index >= 15 is 0 Å². The summed E-state index contributed by atoms with van der Waals surface area (Å²) in [6, 6.07) is 6.54. The minimum Gasteiger partial charge on any atom is -0.402 e. The molecule has 0 saturated heterocycles. The molecule has 0 heterocycles. The molecule has 1 aromatic carbocycles. The maximum Gasteiger partial charge on any atom is 0.288 e. The molecule has 0 spiro atoms. The van der Waals surface area contributed by atoms with E-state index in [9.17, 15) is 13.0 Å². The summed E-state index contributed by atoms with van der Waals surface area (Å²) < 4.78 is 32.6. The zero-order valence-electron chi connectivity index (χ0n) is 10.1. The minimum absolute atomic E-state index is 0.165. The Hall–Kier alpha value is -1.83. The Morgan fingerprint density at radius 3 is 2.21 bits per heavy atom. The van der Waals surface area contributed by atoms with Crippen LogP contribution in [-0.2, 0) is 10.1 Å². The van der Waals surface area contributed by atoms with Gasteiger partial charge in [-0.3, -0.25) is 4.55 Å². The van der Waals surface area contributed by atoms with E-state index in [-0.39, 0.29) is 12.0 Å². The van der Waals surface area contributed by atoms with Gasteiger partial charge in [-0.1, -0.05) is 18.2 Å². The van der Waals surface area contributed by atoms with Gasteiger partial charge in [0.1, 0.15) is 0 Å². The number of anilines is 1. The molecule has 7 heteroatoms. The molecule has 1 aromatic rings. The lowest BCUT2D eigenvalue weighted by molar-refractivity contribution is 0.448. The van der Waals surface area contributed by atoms with Crippen LogP contribution in [-0.4, -0.2) is 17.8 Å². The summed E-state index contributed by atoms with van der Waals surface area (Å²) in [6.07, 6.45) is 2.90. The average molecular weight is 281 g/mol. The third-order valence-electron chi connectivity index (χ3n) is 3.07. The zero-order valence-corrected chi connectivity index (χ0v) is 10.9. The molecule has 1 aliphatic rings. The molecule has 0 aromatic heterocycles. The molecule has 7 N–H and O–H groups in total. The first-order chi connectivity index (χ1) is 8.74. The third kappa shape index (κ3) is 2.35. The van der Waals surface area contributed by atoms with Crippen molar-refractivity contribution in [2.75, 3.05) is 5.73 Å². The van der Waals surface area contributed by atoms with Gasteiger partial charge in [-0.25, -0.2) is 0 Å². The Bertz CT molecular complexity index is 662. The zero-order chi connectivity index (χ0) is 14.3. The summed E-state index contributed by atoms with van der Waals surface area (Å²) >= 11 is 0. The largest absolute Gasteiger partial charge is 0.402 e. The van der Waals surface area contributed by atoms with Gasteiger partial charge < -0.3 is 17.2 Å². The Morgan fingerprint density at radius 2 is 1.68 bits per heavy atom. The highest BCUT2D eigenvalue weighted by atomic mass is 32.2. The van der Waals surface area contributed by atoms with E-state index in [0.717, 1.165) is 0 Å². The van der Waals surface area contributed by atoms with Crippen LogP contribution in [0.5, 0.6) is 0 Å². The van der Waals surface area contributed by atoms with E-state index < -0.39 is 15.0 Å². The van der Waals surface area contributed by atoms with E-state index in [2.05, 4.69) is 0 Å². The Kier molecular flexibility index (Phi) is 3.13. The lowest BCUT2D eigenvalue weighted by Gasteiger charge is -2.31. The van der Waals surface area contributed by atoms with Gasteiger partial charge in [0.25, 0.3) is 10.1 Å². The quantitative estimate of drug-likeness (QED) is 0.459. The van der Waals surface area contributed by atoms with E-state index in [1.807, 2.05) is 0 Å². The predicted octanol–water partition coefficient (Wildman–Crippen LogP) is 0.441. The molecule has 0 amide bonds. The fourth-order valence-electron chi connectivity index (χ4n) is 2.02. The van der Waals surface area contributed by atoms with Gasteiger partial charge >= 0.3 is 0 Å². The number of hydrogen-bond donors (Lipinski definition) is 4. The van der Waals surface area contributed by atoms with Gasteiger partial charge in [-0.2, -0.15) is 8.42 Å². The van der Waals surface area contributed by atoms with Crippen molar-refractivity contribution in [3.8, 4) is 0 Å². The first-order valence-corrected chi connectivity index (χ1v) is 6.97.